The number of anilines is 1. The Labute approximate surface area is 119 Å². The van der Waals surface area contributed by atoms with E-state index in [2.05, 4.69) is 10.3 Å². The van der Waals surface area contributed by atoms with Crippen molar-refractivity contribution in [2.45, 2.75) is 0 Å². The minimum absolute atomic E-state index is 0.0691. The molecule has 0 radical (unpaired) electrons. The highest BCUT2D eigenvalue weighted by Gasteiger charge is 2.15. The fraction of sp³-hybridized carbons (Fsp3) is 0. The summed E-state index contributed by atoms with van der Waals surface area (Å²) in [7, 11) is 0. The average molecular weight is 282 g/mol. The van der Waals surface area contributed by atoms with Crippen LogP contribution in [0, 0.1) is 0 Å². The number of carbonyl (C=O) groups excluding carboxylic acids is 1. The van der Waals surface area contributed by atoms with E-state index in [1.807, 2.05) is 12.1 Å². The number of aromatic nitrogens is 1. The van der Waals surface area contributed by atoms with E-state index < -0.39 is 11.9 Å². The number of amides is 1. The standard InChI is InChI=1S/C15H10N2O4/c18-14(11-6-7-12(21-11)15(19)20)17-10-5-1-3-9-4-2-8-16-13(9)10/h1-8H,(H,17,18)(H,19,20). The van der Waals surface area contributed by atoms with E-state index in [1.165, 1.54) is 12.1 Å². The zero-order valence-corrected chi connectivity index (χ0v) is 10.7. The number of nitrogens with zero attached hydrogens (tertiary/aromatic N) is 1. The molecule has 0 aliphatic rings. The lowest BCUT2D eigenvalue weighted by molar-refractivity contribution is 0.0660. The Balaban J connectivity index is 1.91. The Hall–Kier alpha value is -3.15. The minimum atomic E-state index is -1.22. The van der Waals surface area contributed by atoms with Crippen LogP contribution in [0.4, 0.5) is 5.69 Å². The fourth-order valence-electron chi connectivity index (χ4n) is 1.96. The summed E-state index contributed by atoms with van der Waals surface area (Å²) in [5, 5.41) is 12.3. The molecule has 1 aromatic carbocycles. The highest BCUT2D eigenvalue weighted by Crippen LogP contribution is 2.21. The monoisotopic (exact) mass is 282 g/mol. The molecule has 104 valence electrons. The Bertz CT molecular complexity index is 833. The molecule has 0 spiro atoms. The molecule has 6 heteroatoms. The molecule has 2 N–H and O–H groups in total. The van der Waals surface area contributed by atoms with E-state index in [0.717, 1.165) is 5.39 Å². The second-order valence-electron chi connectivity index (χ2n) is 4.30. The van der Waals surface area contributed by atoms with Crippen LogP contribution in [0.15, 0.2) is 53.1 Å². The lowest BCUT2D eigenvalue weighted by atomic mass is 10.2. The third kappa shape index (κ3) is 2.46. The Morgan fingerprint density at radius 3 is 2.57 bits per heavy atom. The summed E-state index contributed by atoms with van der Waals surface area (Å²) in [6.45, 7) is 0. The van der Waals surface area contributed by atoms with Gasteiger partial charge in [-0.15, -0.1) is 0 Å². The summed E-state index contributed by atoms with van der Waals surface area (Å²) in [6.07, 6.45) is 1.63. The highest BCUT2D eigenvalue weighted by atomic mass is 16.4. The van der Waals surface area contributed by atoms with E-state index in [1.54, 1.807) is 24.4 Å². The maximum Gasteiger partial charge on any atom is 0.371 e. The van der Waals surface area contributed by atoms with Gasteiger partial charge in [-0.25, -0.2) is 4.79 Å². The van der Waals surface area contributed by atoms with Gasteiger partial charge in [0.1, 0.15) is 0 Å². The van der Waals surface area contributed by atoms with Crippen LogP contribution in [0.25, 0.3) is 10.9 Å². The molecule has 0 aliphatic carbocycles. The first-order valence-electron chi connectivity index (χ1n) is 6.13. The van der Waals surface area contributed by atoms with Gasteiger partial charge in [0, 0.05) is 11.6 Å². The van der Waals surface area contributed by atoms with E-state index in [4.69, 9.17) is 9.52 Å². The molecule has 0 saturated carbocycles. The number of aromatic carboxylic acids is 1. The molecule has 0 fully saturated rings. The van der Waals surface area contributed by atoms with Gasteiger partial charge in [-0.2, -0.15) is 0 Å². The van der Waals surface area contributed by atoms with Crippen LogP contribution < -0.4 is 5.32 Å². The molecule has 0 bridgehead atoms. The summed E-state index contributed by atoms with van der Waals surface area (Å²) >= 11 is 0. The van der Waals surface area contributed by atoms with Crippen molar-refractivity contribution in [1.29, 1.82) is 0 Å². The maximum absolute atomic E-state index is 12.1. The summed E-state index contributed by atoms with van der Waals surface area (Å²) in [4.78, 5) is 27.0. The zero-order chi connectivity index (χ0) is 14.8. The summed E-state index contributed by atoms with van der Waals surface area (Å²) in [5.41, 5.74) is 1.18. The number of para-hydroxylation sites is 1. The summed E-state index contributed by atoms with van der Waals surface area (Å²) in [5.74, 6) is -2.10. The molecular weight excluding hydrogens is 272 g/mol. The van der Waals surface area contributed by atoms with E-state index in [9.17, 15) is 9.59 Å². The Morgan fingerprint density at radius 1 is 1.05 bits per heavy atom. The lowest BCUT2D eigenvalue weighted by Crippen LogP contribution is -2.11. The third-order valence-corrected chi connectivity index (χ3v) is 2.92. The van der Waals surface area contributed by atoms with Gasteiger partial charge in [0.05, 0.1) is 11.2 Å². The van der Waals surface area contributed by atoms with Crippen molar-refractivity contribution < 1.29 is 19.1 Å². The molecule has 1 amide bonds. The van der Waals surface area contributed by atoms with Crippen molar-refractivity contribution in [3.63, 3.8) is 0 Å². The van der Waals surface area contributed by atoms with Crippen molar-refractivity contribution in [1.82, 2.24) is 4.98 Å². The smallest absolute Gasteiger partial charge is 0.371 e. The molecule has 2 heterocycles. The first kappa shape index (κ1) is 12.9. The van der Waals surface area contributed by atoms with E-state index in [-0.39, 0.29) is 11.5 Å². The molecule has 0 atom stereocenters. The number of fused-ring (bicyclic) bond motifs is 1. The van der Waals surface area contributed by atoms with Crippen LogP contribution in [0.5, 0.6) is 0 Å². The number of rotatable bonds is 3. The number of carbonyl (C=O) groups is 2. The van der Waals surface area contributed by atoms with E-state index >= 15 is 0 Å². The Kier molecular flexibility index (Phi) is 3.12. The van der Waals surface area contributed by atoms with Gasteiger partial charge < -0.3 is 14.8 Å². The van der Waals surface area contributed by atoms with Gasteiger partial charge in [0.15, 0.2) is 5.76 Å². The first-order valence-corrected chi connectivity index (χ1v) is 6.13. The number of nitrogens with one attached hydrogen (secondary N) is 1. The van der Waals surface area contributed by atoms with Crippen molar-refractivity contribution >= 4 is 28.5 Å². The number of furan rings is 1. The van der Waals surface area contributed by atoms with Crippen molar-refractivity contribution in [3.05, 3.63) is 60.2 Å². The number of benzene rings is 1. The lowest BCUT2D eigenvalue weighted by Gasteiger charge is -2.06. The van der Waals surface area contributed by atoms with E-state index in [0.29, 0.717) is 11.2 Å². The molecule has 3 aromatic rings. The van der Waals surface area contributed by atoms with Gasteiger partial charge in [0.25, 0.3) is 5.91 Å². The molecule has 0 aliphatic heterocycles. The topological polar surface area (TPSA) is 92.4 Å². The number of pyridine rings is 1. The molecule has 21 heavy (non-hydrogen) atoms. The van der Waals surface area contributed by atoms with Crippen LogP contribution in [0.3, 0.4) is 0 Å². The van der Waals surface area contributed by atoms with Gasteiger partial charge in [-0.05, 0) is 24.3 Å². The predicted octanol–water partition coefficient (Wildman–Crippen LogP) is 2.78. The quantitative estimate of drug-likeness (QED) is 0.770. The molecule has 2 aromatic heterocycles. The summed E-state index contributed by atoms with van der Waals surface area (Å²) < 4.78 is 4.96. The largest absolute Gasteiger partial charge is 0.475 e. The molecule has 0 unspecified atom stereocenters. The van der Waals surface area contributed by atoms with Gasteiger partial charge in [-0.3, -0.25) is 9.78 Å². The molecular formula is C15H10N2O4. The second kappa shape index (κ2) is 5.09. The second-order valence-corrected chi connectivity index (χ2v) is 4.30. The first-order chi connectivity index (χ1) is 10.1. The SMILES string of the molecule is O=C(O)c1ccc(C(=O)Nc2cccc3cccnc23)o1. The highest BCUT2D eigenvalue weighted by molar-refractivity contribution is 6.07. The van der Waals surface area contributed by atoms with Crippen LogP contribution in [-0.2, 0) is 0 Å². The fourth-order valence-corrected chi connectivity index (χ4v) is 1.96. The maximum atomic E-state index is 12.1. The number of hydrogen-bond donors (Lipinski definition) is 2. The van der Waals surface area contributed by atoms with Crippen molar-refractivity contribution in [3.8, 4) is 0 Å². The van der Waals surface area contributed by atoms with Gasteiger partial charge >= 0.3 is 5.97 Å². The molecule has 0 saturated heterocycles. The van der Waals surface area contributed by atoms with Crippen molar-refractivity contribution in [2.75, 3.05) is 5.32 Å². The van der Waals surface area contributed by atoms with Gasteiger partial charge in [0.2, 0.25) is 5.76 Å². The zero-order valence-electron chi connectivity index (χ0n) is 10.7. The normalized spacial score (nSPS) is 10.5. The number of carboxylic acids is 1. The summed E-state index contributed by atoms with van der Waals surface area (Å²) in [6, 6.07) is 11.6. The Morgan fingerprint density at radius 2 is 1.81 bits per heavy atom. The molecule has 6 nitrogen and oxygen atoms in total. The number of hydrogen-bond acceptors (Lipinski definition) is 4. The van der Waals surface area contributed by atoms with Gasteiger partial charge in [-0.1, -0.05) is 18.2 Å². The number of carboxylic acid groups (broad SMARTS) is 1. The average Bonchev–Trinajstić information content (AvgIpc) is 2.98. The third-order valence-electron chi connectivity index (χ3n) is 2.92. The minimum Gasteiger partial charge on any atom is -0.475 e. The van der Waals surface area contributed by atoms with Crippen molar-refractivity contribution in [2.24, 2.45) is 0 Å². The van der Waals surface area contributed by atoms with Crippen LogP contribution in [0.1, 0.15) is 21.1 Å². The predicted molar refractivity (Wildman–Crippen MR) is 75.4 cm³/mol. The van der Waals surface area contributed by atoms with Crippen LogP contribution in [0.2, 0.25) is 0 Å². The van der Waals surface area contributed by atoms with Crippen LogP contribution in [-0.4, -0.2) is 22.0 Å². The van der Waals surface area contributed by atoms with Crippen LogP contribution >= 0.6 is 0 Å². The molecule has 3 rings (SSSR count).